The molecule has 0 spiro atoms. The summed E-state index contributed by atoms with van der Waals surface area (Å²) in [5.74, 6) is 0.344. The largest absolute Gasteiger partial charge is 0.293 e. The molecule has 1 aromatic rings. The van der Waals surface area contributed by atoms with Crippen molar-refractivity contribution in [2.75, 3.05) is 6.54 Å². The molecule has 0 N–H and O–H groups in total. The Morgan fingerprint density at radius 3 is 2.80 bits per heavy atom. The van der Waals surface area contributed by atoms with Crippen molar-refractivity contribution >= 4 is 46.0 Å². The molecule has 0 bridgehead atoms. The number of unbranched alkanes of at least 4 members (excludes halogenated alkanes) is 1. The number of nitro groups is 1. The summed E-state index contributed by atoms with van der Waals surface area (Å²) in [4.78, 5) is 25.3. The standard InChI is InChI=1S/C18H22N2O3S2/c1-3-5-7-13(4-2)12-19-17(21)16(25-18(19)24)11-14-8-6-9-15(10-14)20(22)23/h6,8-11,13H,3-5,7,12H2,1-2H3/b16-11-. The Balaban J connectivity index is 2.14. The molecule has 25 heavy (non-hydrogen) atoms. The average molecular weight is 379 g/mol. The number of amides is 1. The summed E-state index contributed by atoms with van der Waals surface area (Å²) in [6.07, 6.45) is 6.08. The highest BCUT2D eigenvalue weighted by molar-refractivity contribution is 8.26. The summed E-state index contributed by atoms with van der Waals surface area (Å²) in [7, 11) is 0. The van der Waals surface area contributed by atoms with Crippen LogP contribution in [0.25, 0.3) is 6.08 Å². The second kappa shape index (κ2) is 9.10. The Labute approximate surface area is 157 Å². The molecule has 1 saturated heterocycles. The van der Waals surface area contributed by atoms with Crippen molar-refractivity contribution in [1.82, 2.24) is 4.90 Å². The average Bonchev–Trinajstić information content (AvgIpc) is 2.85. The van der Waals surface area contributed by atoms with E-state index in [4.69, 9.17) is 12.2 Å². The van der Waals surface area contributed by atoms with Crippen LogP contribution in [0.15, 0.2) is 29.2 Å². The van der Waals surface area contributed by atoms with E-state index in [9.17, 15) is 14.9 Å². The molecular formula is C18H22N2O3S2. The van der Waals surface area contributed by atoms with Crippen LogP contribution in [-0.4, -0.2) is 26.6 Å². The zero-order valence-corrected chi connectivity index (χ0v) is 16.1. The lowest BCUT2D eigenvalue weighted by molar-refractivity contribution is -0.384. The van der Waals surface area contributed by atoms with Crippen LogP contribution in [0.3, 0.4) is 0 Å². The van der Waals surface area contributed by atoms with E-state index in [-0.39, 0.29) is 11.6 Å². The maximum Gasteiger partial charge on any atom is 0.270 e. The molecule has 2 rings (SSSR count). The molecule has 1 fully saturated rings. The van der Waals surface area contributed by atoms with Gasteiger partial charge in [-0.3, -0.25) is 19.8 Å². The zero-order valence-electron chi connectivity index (χ0n) is 14.4. The van der Waals surface area contributed by atoms with Crippen molar-refractivity contribution in [2.24, 2.45) is 5.92 Å². The number of thioether (sulfide) groups is 1. The number of non-ortho nitro benzene ring substituents is 1. The van der Waals surface area contributed by atoms with Gasteiger partial charge in [0.15, 0.2) is 0 Å². The van der Waals surface area contributed by atoms with Crippen molar-refractivity contribution < 1.29 is 9.72 Å². The molecule has 1 aromatic carbocycles. The first-order valence-corrected chi connectivity index (χ1v) is 9.68. The molecule has 0 saturated carbocycles. The van der Waals surface area contributed by atoms with Gasteiger partial charge in [-0.05, 0) is 24.0 Å². The Hall–Kier alpha value is -1.73. The van der Waals surface area contributed by atoms with Crippen molar-refractivity contribution in [3.05, 3.63) is 44.8 Å². The quantitative estimate of drug-likeness (QED) is 0.275. The number of carbonyl (C=O) groups is 1. The lowest BCUT2D eigenvalue weighted by Crippen LogP contribution is -2.33. The molecule has 0 aliphatic carbocycles. The predicted molar refractivity (Wildman–Crippen MR) is 106 cm³/mol. The number of hydrogen-bond acceptors (Lipinski definition) is 5. The smallest absolute Gasteiger partial charge is 0.270 e. The molecule has 5 nitrogen and oxygen atoms in total. The van der Waals surface area contributed by atoms with E-state index in [1.165, 1.54) is 23.9 Å². The summed E-state index contributed by atoms with van der Waals surface area (Å²) in [6.45, 7) is 4.94. The van der Waals surface area contributed by atoms with Gasteiger partial charge in [-0.1, -0.05) is 69.2 Å². The van der Waals surface area contributed by atoms with Crippen LogP contribution < -0.4 is 0 Å². The molecule has 0 aromatic heterocycles. The molecule has 1 heterocycles. The topological polar surface area (TPSA) is 63.5 Å². The van der Waals surface area contributed by atoms with Crippen LogP contribution in [0.5, 0.6) is 0 Å². The molecule has 1 aliphatic rings. The number of thiocarbonyl (C=S) groups is 1. The van der Waals surface area contributed by atoms with E-state index in [0.717, 1.165) is 25.7 Å². The van der Waals surface area contributed by atoms with Crippen molar-refractivity contribution in [3.63, 3.8) is 0 Å². The van der Waals surface area contributed by atoms with Gasteiger partial charge in [-0.2, -0.15) is 0 Å². The fourth-order valence-electron chi connectivity index (χ4n) is 2.71. The van der Waals surface area contributed by atoms with Crippen LogP contribution in [0.2, 0.25) is 0 Å². The van der Waals surface area contributed by atoms with Crippen molar-refractivity contribution in [3.8, 4) is 0 Å². The third-order valence-corrected chi connectivity index (χ3v) is 5.61. The monoisotopic (exact) mass is 378 g/mol. The fraction of sp³-hybridized carbons (Fsp3) is 0.444. The highest BCUT2D eigenvalue weighted by Gasteiger charge is 2.33. The van der Waals surface area contributed by atoms with Gasteiger partial charge in [0.2, 0.25) is 0 Å². The Kier molecular flexibility index (Phi) is 7.13. The number of hydrogen-bond donors (Lipinski definition) is 0. The molecule has 1 unspecified atom stereocenters. The molecule has 1 amide bonds. The third kappa shape index (κ3) is 5.12. The molecule has 134 valence electrons. The first-order chi connectivity index (χ1) is 12.0. The van der Waals surface area contributed by atoms with E-state index < -0.39 is 4.92 Å². The van der Waals surface area contributed by atoms with Crippen LogP contribution in [0.1, 0.15) is 45.1 Å². The molecule has 7 heteroatoms. The van der Waals surface area contributed by atoms with Gasteiger partial charge in [0, 0.05) is 18.7 Å². The minimum absolute atomic E-state index is 0.00911. The number of nitro benzene ring substituents is 1. The first kappa shape index (κ1) is 19.6. The lowest BCUT2D eigenvalue weighted by Gasteiger charge is -2.21. The number of benzene rings is 1. The van der Waals surface area contributed by atoms with E-state index in [0.29, 0.717) is 27.3 Å². The second-order valence-corrected chi connectivity index (χ2v) is 7.74. The van der Waals surface area contributed by atoms with Crippen LogP contribution >= 0.6 is 24.0 Å². The van der Waals surface area contributed by atoms with Crippen LogP contribution in [0.4, 0.5) is 5.69 Å². The first-order valence-electron chi connectivity index (χ1n) is 8.46. The van der Waals surface area contributed by atoms with Gasteiger partial charge in [-0.25, -0.2) is 0 Å². The van der Waals surface area contributed by atoms with Gasteiger partial charge < -0.3 is 0 Å². The second-order valence-electron chi connectivity index (χ2n) is 6.06. The van der Waals surface area contributed by atoms with Gasteiger partial charge in [0.05, 0.1) is 9.83 Å². The Morgan fingerprint density at radius 1 is 1.40 bits per heavy atom. The van der Waals surface area contributed by atoms with E-state index in [1.807, 2.05) is 0 Å². The van der Waals surface area contributed by atoms with Gasteiger partial charge in [0.1, 0.15) is 4.32 Å². The van der Waals surface area contributed by atoms with Crippen LogP contribution in [-0.2, 0) is 4.79 Å². The minimum Gasteiger partial charge on any atom is -0.293 e. The summed E-state index contributed by atoms with van der Waals surface area (Å²) in [5, 5.41) is 10.9. The summed E-state index contributed by atoms with van der Waals surface area (Å²) in [5.41, 5.74) is 0.641. The normalized spacial score (nSPS) is 17.4. The fourth-order valence-corrected chi connectivity index (χ4v) is 3.99. The molecule has 0 radical (unpaired) electrons. The highest BCUT2D eigenvalue weighted by Crippen LogP contribution is 2.34. The summed E-state index contributed by atoms with van der Waals surface area (Å²) in [6, 6.07) is 6.25. The van der Waals surface area contributed by atoms with Crippen molar-refractivity contribution in [1.29, 1.82) is 0 Å². The summed E-state index contributed by atoms with van der Waals surface area (Å²) < 4.78 is 0.566. The Bertz CT molecular complexity index is 703. The Morgan fingerprint density at radius 2 is 2.16 bits per heavy atom. The van der Waals surface area contributed by atoms with Crippen LogP contribution in [0, 0.1) is 16.0 Å². The zero-order chi connectivity index (χ0) is 18.4. The predicted octanol–water partition coefficient (Wildman–Crippen LogP) is 5.01. The van der Waals surface area contributed by atoms with Gasteiger partial charge in [-0.15, -0.1) is 0 Å². The number of rotatable bonds is 8. The SMILES string of the molecule is CCCCC(CC)CN1C(=O)/C(=C/c2cccc([N+](=O)[O-])c2)SC1=S. The highest BCUT2D eigenvalue weighted by atomic mass is 32.2. The van der Waals surface area contributed by atoms with Gasteiger partial charge in [0.25, 0.3) is 11.6 Å². The summed E-state index contributed by atoms with van der Waals surface area (Å²) >= 11 is 6.64. The molecular weight excluding hydrogens is 356 g/mol. The van der Waals surface area contributed by atoms with Gasteiger partial charge >= 0.3 is 0 Å². The number of nitrogens with zero attached hydrogens (tertiary/aromatic N) is 2. The van der Waals surface area contributed by atoms with E-state index in [2.05, 4.69) is 13.8 Å². The van der Waals surface area contributed by atoms with E-state index in [1.54, 1.807) is 23.1 Å². The lowest BCUT2D eigenvalue weighted by atomic mass is 9.99. The molecule has 1 aliphatic heterocycles. The van der Waals surface area contributed by atoms with E-state index >= 15 is 0 Å². The maximum absolute atomic E-state index is 12.7. The molecule has 1 atom stereocenters. The van der Waals surface area contributed by atoms with Crippen molar-refractivity contribution in [2.45, 2.75) is 39.5 Å². The number of carbonyl (C=O) groups excluding carboxylic acids is 1. The third-order valence-electron chi connectivity index (χ3n) is 4.24. The minimum atomic E-state index is -0.442. The maximum atomic E-state index is 12.7.